The van der Waals surface area contributed by atoms with E-state index in [9.17, 15) is 5.11 Å². The van der Waals surface area contributed by atoms with E-state index in [4.69, 9.17) is 0 Å². The Labute approximate surface area is 111 Å². The number of nitrogens with zero attached hydrogens (tertiary/aromatic N) is 2. The van der Waals surface area contributed by atoms with E-state index >= 15 is 0 Å². The van der Waals surface area contributed by atoms with Crippen molar-refractivity contribution in [2.24, 2.45) is 5.41 Å². The molecule has 0 amide bonds. The summed E-state index contributed by atoms with van der Waals surface area (Å²) in [5, 5.41) is 9.64. The maximum atomic E-state index is 9.64. The highest BCUT2D eigenvalue weighted by Crippen LogP contribution is 2.27. The van der Waals surface area contributed by atoms with E-state index in [1.54, 1.807) is 0 Å². The van der Waals surface area contributed by atoms with E-state index in [0.29, 0.717) is 0 Å². The van der Waals surface area contributed by atoms with Gasteiger partial charge in [0.25, 0.3) is 0 Å². The van der Waals surface area contributed by atoms with Gasteiger partial charge in [0.2, 0.25) is 0 Å². The van der Waals surface area contributed by atoms with Gasteiger partial charge >= 0.3 is 0 Å². The van der Waals surface area contributed by atoms with Crippen molar-refractivity contribution in [1.82, 2.24) is 9.88 Å². The van der Waals surface area contributed by atoms with E-state index in [0.717, 1.165) is 38.2 Å². The highest BCUT2D eigenvalue weighted by Gasteiger charge is 2.27. The summed E-state index contributed by atoms with van der Waals surface area (Å²) in [7, 11) is 0. The van der Waals surface area contributed by atoms with Crippen LogP contribution in [-0.4, -0.2) is 34.7 Å². The van der Waals surface area contributed by atoms with Crippen molar-refractivity contribution in [2.45, 2.75) is 40.2 Å². The van der Waals surface area contributed by atoms with E-state index in [1.807, 2.05) is 18.3 Å². The molecule has 1 heterocycles. The minimum atomic E-state index is 0.0325. The van der Waals surface area contributed by atoms with Crippen LogP contribution in [0.3, 0.4) is 0 Å². The Kier molecular flexibility index (Phi) is 6.30. The summed E-state index contributed by atoms with van der Waals surface area (Å²) >= 11 is 0. The lowest BCUT2D eigenvalue weighted by Gasteiger charge is -2.35. The smallest absolute Gasteiger partial charge is 0.0543 e. The lowest BCUT2D eigenvalue weighted by atomic mass is 9.82. The van der Waals surface area contributed by atoms with Crippen molar-refractivity contribution >= 4 is 0 Å². The van der Waals surface area contributed by atoms with Gasteiger partial charge in [-0.1, -0.05) is 26.8 Å². The molecule has 18 heavy (non-hydrogen) atoms. The fourth-order valence-electron chi connectivity index (χ4n) is 2.22. The molecule has 0 aliphatic carbocycles. The molecule has 0 aromatic carbocycles. The first-order valence-electron chi connectivity index (χ1n) is 6.92. The summed E-state index contributed by atoms with van der Waals surface area (Å²) in [6.45, 7) is 9.53. The molecule has 0 saturated heterocycles. The Morgan fingerprint density at radius 2 is 1.94 bits per heavy atom. The molecule has 1 N–H and O–H groups in total. The van der Waals surface area contributed by atoms with E-state index in [-0.39, 0.29) is 12.0 Å². The number of pyridine rings is 1. The van der Waals surface area contributed by atoms with Crippen LogP contribution in [0.4, 0.5) is 0 Å². The molecule has 0 fully saturated rings. The predicted octanol–water partition coefficient (Wildman–Crippen LogP) is 2.70. The standard InChI is InChI=1S/C15H26N2O/c1-4-15(5-2,13-18)12-17(6-3)11-14-9-7-8-10-16-14/h7-10,18H,4-6,11-13H2,1-3H3. The molecular weight excluding hydrogens is 224 g/mol. The van der Waals surface area contributed by atoms with Gasteiger partial charge in [-0.05, 0) is 31.5 Å². The molecule has 3 heteroatoms. The van der Waals surface area contributed by atoms with Gasteiger partial charge in [0.15, 0.2) is 0 Å². The molecule has 1 aromatic rings. The van der Waals surface area contributed by atoms with E-state index in [1.165, 1.54) is 0 Å². The fourth-order valence-corrected chi connectivity index (χ4v) is 2.22. The SMILES string of the molecule is CCN(Cc1ccccn1)CC(CC)(CC)CO. The number of aromatic nitrogens is 1. The zero-order valence-electron chi connectivity index (χ0n) is 11.9. The summed E-state index contributed by atoms with van der Waals surface area (Å²) < 4.78 is 0. The van der Waals surface area contributed by atoms with Crippen molar-refractivity contribution in [3.05, 3.63) is 30.1 Å². The van der Waals surface area contributed by atoms with Crippen molar-refractivity contribution < 1.29 is 5.11 Å². The summed E-state index contributed by atoms with van der Waals surface area (Å²) in [6.07, 6.45) is 3.86. The molecular formula is C15H26N2O. The van der Waals surface area contributed by atoms with E-state index < -0.39 is 0 Å². The van der Waals surface area contributed by atoms with Gasteiger partial charge in [-0.25, -0.2) is 0 Å². The van der Waals surface area contributed by atoms with Gasteiger partial charge in [0, 0.05) is 31.3 Å². The van der Waals surface area contributed by atoms with Crippen LogP contribution in [0.25, 0.3) is 0 Å². The second-order valence-corrected chi connectivity index (χ2v) is 4.99. The average molecular weight is 250 g/mol. The van der Waals surface area contributed by atoms with Crippen LogP contribution in [-0.2, 0) is 6.54 Å². The van der Waals surface area contributed by atoms with Crippen LogP contribution in [0.5, 0.6) is 0 Å². The molecule has 0 aliphatic heterocycles. The first-order valence-corrected chi connectivity index (χ1v) is 6.92. The van der Waals surface area contributed by atoms with Gasteiger partial charge in [0.1, 0.15) is 0 Å². The van der Waals surface area contributed by atoms with E-state index in [2.05, 4.69) is 36.7 Å². The predicted molar refractivity (Wildman–Crippen MR) is 75.3 cm³/mol. The van der Waals surface area contributed by atoms with Gasteiger partial charge in [0.05, 0.1) is 5.69 Å². The third-order valence-electron chi connectivity index (χ3n) is 3.95. The molecule has 0 saturated carbocycles. The molecule has 0 unspecified atom stereocenters. The highest BCUT2D eigenvalue weighted by molar-refractivity contribution is 5.03. The molecule has 0 radical (unpaired) electrons. The third kappa shape index (κ3) is 4.07. The van der Waals surface area contributed by atoms with Crippen LogP contribution in [0.15, 0.2) is 24.4 Å². The van der Waals surface area contributed by atoms with Gasteiger partial charge in [-0.2, -0.15) is 0 Å². The van der Waals surface area contributed by atoms with Crippen molar-refractivity contribution in [3.63, 3.8) is 0 Å². The van der Waals surface area contributed by atoms with Crippen LogP contribution >= 0.6 is 0 Å². The number of hydrogen-bond acceptors (Lipinski definition) is 3. The Bertz CT molecular complexity index is 314. The lowest BCUT2D eigenvalue weighted by molar-refractivity contribution is 0.0643. The summed E-state index contributed by atoms with van der Waals surface area (Å²) in [5.41, 5.74) is 1.13. The van der Waals surface area contributed by atoms with Gasteiger partial charge in [-0.15, -0.1) is 0 Å². The molecule has 0 bridgehead atoms. The molecule has 1 rings (SSSR count). The molecule has 1 aromatic heterocycles. The quantitative estimate of drug-likeness (QED) is 0.770. The maximum absolute atomic E-state index is 9.64. The number of rotatable bonds is 8. The fraction of sp³-hybridized carbons (Fsp3) is 0.667. The number of aliphatic hydroxyl groups excluding tert-OH is 1. The number of hydrogen-bond donors (Lipinski definition) is 1. The van der Waals surface area contributed by atoms with Crippen LogP contribution < -0.4 is 0 Å². The zero-order valence-corrected chi connectivity index (χ0v) is 11.9. The van der Waals surface area contributed by atoms with Gasteiger partial charge in [-0.3, -0.25) is 9.88 Å². The molecule has 0 aliphatic rings. The number of aliphatic hydroxyl groups is 1. The Hall–Kier alpha value is -0.930. The largest absolute Gasteiger partial charge is 0.396 e. The van der Waals surface area contributed by atoms with Gasteiger partial charge < -0.3 is 5.11 Å². The average Bonchev–Trinajstić information content (AvgIpc) is 2.45. The molecule has 0 atom stereocenters. The summed E-state index contributed by atoms with van der Waals surface area (Å²) in [4.78, 5) is 6.74. The Morgan fingerprint density at radius 3 is 2.39 bits per heavy atom. The van der Waals surface area contributed by atoms with Crippen LogP contribution in [0.1, 0.15) is 39.3 Å². The normalized spacial score (nSPS) is 12.1. The topological polar surface area (TPSA) is 36.4 Å². The van der Waals surface area contributed by atoms with Crippen molar-refractivity contribution in [1.29, 1.82) is 0 Å². The van der Waals surface area contributed by atoms with Crippen molar-refractivity contribution in [2.75, 3.05) is 19.7 Å². The first-order chi connectivity index (χ1) is 8.69. The summed E-state index contributed by atoms with van der Waals surface area (Å²) in [6, 6.07) is 6.02. The molecule has 0 spiro atoms. The second-order valence-electron chi connectivity index (χ2n) is 4.99. The second kappa shape index (κ2) is 7.49. The zero-order chi connectivity index (χ0) is 13.4. The summed E-state index contributed by atoms with van der Waals surface area (Å²) in [5.74, 6) is 0. The van der Waals surface area contributed by atoms with Crippen LogP contribution in [0.2, 0.25) is 0 Å². The maximum Gasteiger partial charge on any atom is 0.0543 e. The third-order valence-corrected chi connectivity index (χ3v) is 3.95. The van der Waals surface area contributed by atoms with Crippen LogP contribution in [0, 0.1) is 5.41 Å². The monoisotopic (exact) mass is 250 g/mol. The Balaban J connectivity index is 2.66. The molecule has 102 valence electrons. The Morgan fingerprint density at radius 1 is 1.22 bits per heavy atom. The molecule has 3 nitrogen and oxygen atoms in total. The van der Waals surface area contributed by atoms with Crippen molar-refractivity contribution in [3.8, 4) is 0 Å². The highest BCUT2D eigenvalue weighted by atomic mass is 16.3. The lowest BCUT2D eigenvalue weighted by Crippen LogP contribution is -2.39. The first kappa shape index (κ1) is 15.1. The minimum absolute atomic E-state index is 0.0325. The minimum Gasteiger partial charge on any atom is -0.396 e.